The summed E-state index contributed by atoms with van der Waals surface area (Å²) in [5.41, 5.74) is 0.860. The van der Waals surface area contributed by atoms with Crippen molar-refractivity contribution in [2.24, 2.45) is 0 Å². The molecule has 7 heteroatoms. The quantitative estimate of drug-likeness (QED) is 0.499. The summed E-state index contributed by atoms with van der Waals surface area (Å²) < 4.78 is 28.0. The molecule has 3 aromatic rings. The van der Waals surface area contributed by atoms with Gasteiger partial charge in [0.05, 0.1) is 23.5 Å². The van der Waals surface area contributed by atoms with E-state index in [0.29, 0.717) is 52.6 Å². The van der Waals surface area contributed by atoms with E-state index in [2.05, 4.69) is 0 Å². The van der Waals surface area contributed by atoms with Gasteiger partial charge in [-0.1, -0.05) is 18.2 Å². The Kier molecular flexibility index (Phi) is 4.16. The van der Waals surface area contributed by atoms with E-state index < -0.39 is 23.6 Å². The molecule has 0 unspecified atom stereocenters. The molecule has 2 aliphatic heterocycles. The molecule has 0 saturated heterocycles. The SMILES string of the molecule is CCOC(=O)[C@H]1Oc2c(c(=O)oc3ccccc23)[C@@H]1c1ccc2c(c1)OCCO2. The van der Waals surface area contributed by atoms with Crippen LogP contribution in [0.2, 0.25) is 0 Å². The zero-order valence-corrected chi connectivity index (χ0v) is 15.7. The number of rotatable bonds is 3. The van der Waals surface area contributed by atoms with Gasteiger partial charge in [-0.15, -0.1) is 0 Å². The lowest BCUT2D eigenvalue weighted by molar-refractivity contribution is -0.151. The highest BCUT2D eigenvalue weighted by Crippen LogP contribution is 2.46. The second-order valence-corrected chi connectivity index (χ2v) is 6.80. The van der Waals surface area contributed by atoms with Gasteiger partial charge >= 0.3 is 11.6 Å². The van der Waals surface area contributed by atoms with E-state index in [9.17, 15) is 9.59 Å². The Labute approximate surface area is 165 Å². The lowest BCUT2D eigenvalue weighted by Gasteiger charge is -2.22. The maximum atomic E-state index is 12.9. The van der Waals surface area contributed by atoms with E-state index in [0.717, 1.165) is 0 Å². The van der Waals surface area contributed by atoms with E-state index in [4.69, 9.17) is 23.4 Å². The van der Waals surface area contributed by atoms with Crippen LogP contribution in [0.3, 0.4) is 0 Å². The van der Waals surface area contributed by atoms with Crippen molar-refractivity contribution >= 4 is 16.9 Å². The van der Waals surface area contributed by atoms with Gasteiger partial charge in [-0.25, -0.2) is 9.59 Å². The van der Waals surface area contributed by atoms with E-state index in [1.54, 1.807) is 43.3 Å². The van der Waals surface area contributed by atoms with Crippen molar-refractivity contribution < 1.29 is 28.2 Å². The molecule has 29 heavy (non-hydrogen) atoms. The van der Waals surface area contributed by atoms with Gasteiger partial charge in [0.1, 0.15) is 24.5 Å². The Morgan fingerprint density at radius 3 is 2.72 bits per heavy atom. The molecule has 2 atom stereocenters. The van der Waals surface area contributed by atoms with E-state index in [1.807, 2.05) is 6.07 Å². The first-order chi connectivity index (χ1) is 14.2. The third-order valence-corrected chi connectivity index (χ3v) is 5.10. The summed E-state index contributed by atoms with van der Waals surface area (Å²) in [6.07, 6.45) is -0.999. The number of hydrogen-bond donors (Lipinski definition) is 0. The number of hydrogen-bond acceptors (Lipinski definition) is 7. The number of para-hydroxylation sites is 1. The molecule has 2 aliphatic rings. The molecule has 2 aromatic carbocycles. The van der Waals surface area contributed by atoms with Gasteiger partial charge in [0.15, 0.2) is 11.5 Å². The molecule has 0 aliphatic carbocycles. The van der Waals surface area contributed by atoms with Gasteiger partial charge in [0.2, 0.25) is 6.10 Å². The van der Waals surface area contributed by atoms with Crippen LogP contribution in [0.1, 0.15) is 24.0 Å². The second-order valence-electron chi connectivity index (χ2n) is 6.80. The molecule has 0 radical (unpaired) electrons. The largest absolute Gasteiger partial charge is 0.486 e. The number of carbonyl (C=O) groups is 1. The van der Waals surface area contributed by atoms with Gasteiger partial charge < -0.3 is 23.4 Å². The molecule has 0 saturated carbocycles. The average molecular weight is 394 g/mol. The third-order valence-electron chi connectivity index (χ3n) is 5.10. The zero-order valence-electron chi connectivity index (χ0n) is 15.7. The molecule has 148 valence electrons. The summed E-state index contributed by atoms with van der Waals surface area (Å²) >= 11 is 0. The predicted octanol–water partition coefficient (Wildman–Crippen LogP) is 3.02. The maximum Gasteiger partial charge on any atom is 0.348 e. The van der Waals surface area contributed by atoms with Crippen LogP contribution in [0.4, 0.5) is 0 Å². The first-order valence-electron chi connectivity index (χ1n) is 9.46. The number of ether oxygens (including phenoxy) is 4. The van der Waals surface area contributed by atoms with Crippen LogP contribution < -0.4 is 19.8 Å². The van der Waals surface area contributed by atoms with Crippen LogP contribution in [0, 0.1) is 0 Å². The maximum absolute atomic E-state index is 12.9. The molecule has 0 bridgehead atoms. The van der Waals surface area contributed by atoms with Crippen molar-refractivity contribution in [2.75, 3.05) is 19.8 Å². The second kappa shape index (κ2) is 6.84. The number of benzene rings is 2. The number of esters is 1. The molecule has 7 nitrogen and oxygen atoms in total. The fraction of sp³-hybridized carbons (Fsp3) is 0.273. The minimum Gasteiger partial charge on any atom is -0.486 e. The molecule has 0 spiro atoms. The van der Waals surface area contributed by atoms with Gasteiger partial charge in [-0.3, -0.25) is 0 Å². The van der Waals surface area contributed by atoms with Gasteiger partial charge in [0, 0.05) is 0 Å². The average Bonchev–Trinajstić information content (AvgIpc) is 3.15. The molecule has 0 amide bonds. The van der Waals surface area contributed by atoms with Crippen molar-refractivity contribution in [1.82, 2.24) is 0 Å². The molecule has 5 rings (SSSR count). The number of carbonyl (C=O) groups excluding carboxylic acids is 1. The van der Waals surface area contributed by atoms with Crippen molar-refractivity contribution in [3.05, 3.63) is 64.0 Å². The van der Waals surface area contributed by atoms with Crippen molar-refractivity contribution in [2.45, 2.75) is 18.9 Å². The van der Waals surface area contributed by atoms with Crippen molar-refractivity contribution in [3.8, 4) is 17.2 Å². The highest BCUT2D eigenvalue weighted by atomic mass is 16.6. The summed E-state index contributed by atoms with van der Waals surface area (Å²) in [5.74, 6) is 0.329. The molecule has 0 fully saturated rings. The smallest absolute Gasteiger partial charge is 0.348 e. The summed E-state index contributed by atoms with van der Waals surface area (Å²) in [6, 6.07) is 12.4. The third kappa shape index (κ3) is 2.81. The van der Waals surface area contributed by atoms with E-state index >= 15 is 0 Å². The lowest BCUT2D eigenvalue weighted by atomic mass is 9.88. The number of fused-ring (bicyclic) bond motifs is 4. The summed E-state index contributed by atoms with van der Waals surface area (Å²) in [5, 5.41) is 0.636. The lowest BCUT2D eigenvalue weighted by Crippen LogP contribution is -2.32. The monoisotopic (exact) mass is 394 g/mol. The van der Waals surface area contributed by atoms with Gasteiger partial charge in [0.25, 0.3) is 0 Å². The Morgan fingerprint density at radius 1 is 1.10 bits per heavy atom. The Balaban J connectivity index is 1.70. The molecule has 3 heterocycles. The summed E-state index contributed by atoms with van der Waals surface area (Å²) in [7, 11) is 0. The first-order valence-corrected chi connectivity index (χ1v) is 9.46. The molecular formula is C22H18O7. The molecular weight excluding hydrogens is 376 g/mol. The first kappa shape index (κ1) is 17.6. The topological polar surface area (TPSA) is 84.2 Å². The van der Waals surface area contributed by atoms with Gasteiger partial charge in [-0.05, 0) is 36.8 Å². The van der Waals surface area contributed by atoms with Crippen LogP contribution in [-0.2, 0) is 9.53 Å². The normalized spacial score (nSPS) is 19.5. The molecule has 0 N–H and O–H groups in total. The van der Waals surface area contributed by atoms with Crippen molar-refractivity contribution in [1.29, 1.82) is 0 Å². The highest BCUT2D eigenvalue weighted by molar-refractivity contribution is 5.88. The van der Waals surface area contributed by atoms with Crippen LogP contribution in [0.5, 0.6) is 17.2 Å². The minimum atomic E-state index is -0.999. The summed E-state index contributed by atoms with van der Waals surface area (Å²) in [6.45, 7) is 2.84. The Hall–Kier alpha value is -3.48. The fourth-order valence-electron chi connectivity index (χ4n) is 3.88. The van der Waals surface area contributed by atoms with E-state index in [-0.39, 0.29) is 6.61 Å². The van der Waals surface area contributed by atoms with E-state index in [1.165, 1.54) is 0 Å². The molecule has 1 aromatic heterocycles. The van der Waals surface area contributed by atoms with Crippen LogP contribution in [0.25, 0.3) is 11.0 Å². The standard InChI is InChI=1S/C22H18O7/c1-2-25-22(24)20-17(12-7-8-15-16(11-12)27-10-9-26-15)18-19(29-20)13-5-3-4-6-14(13)28-21(18)23/h3-8,11,17,20H,2,9-10H2,1H3/t17-,20-/m0/s1. The van der Waals surface area contributed by atoms with Crippen molar-refractivity contribution in [3.63, 3.8) is 0 Å². The fourth-order valence-corrected chi connectivity index (χ4v) is 3.88. The minimum absolute atomic E-state index is 0.207. The van der Waals surface area contributed by atoms with Gasteiger partial charge in [-0.2, -0.15) is 0 Å². The predicted molar refractivity (Wildman–Crippen MR) is 103 cm³/mol. The Morgan fingerprint density at radius 2 is 1.90 bits per heavy atom. The van der Waals surface area contributed by atoms with Crippen LogP contribution >= 0.6 is 0 Å². The summed E-state index contributed by atoms with van der Waals surface area (Å²) in [4.78, 5) is 25.6. The zero-order chi connectivity index (χ0) is 20.0. The van der Waals surface area contributed by atoms with Crippen LogP contribution in [0.15, 0.2) is 51.7 Å². The van der Waals surface area contributed by atoms with Crippen LogP contribution in [-0.4, -0.2) is 31.9 Å². The highest BCUT2D eigenvalue weighted by Gasteiger charge is 2.45. The Bertz CT molecular complexity index is 1160.